The molecule has 0 spiro atoms. The highest BCUT2D eigenvalue weighted by atomic mass is 16.5. The maximum atomic E-state index is 5.39. The molecule has 4 nitrogen and oxygen atoms in total. The molecule has 1 heterocycles. The summed E-state index contributed by atoms with van der Waals surface area (Å²) in [7, 11) is 4.00. The molecule has 0 aromatic heterocycles. The molecule has 1 fully saturated rings. The maximum Gasteiger partial charge on any atom is 0.0630 e. The van der Waals surface area contributed by atoms with Crippen molar-refractivity contribution in [2.75, 3.05) is 46.9 Å². The number of hydrogen-bond donors (Lipinski definition) is 1. The number of hydrogen-bond acceptors (Lipinski definition) is 4. The van der Waals surface area contributed by atoms with Crippen LogP contribution in [0.5, 0.6) is 0 Å². The number of nitrogens with one attached hydrogen (secondary N) is 1. The first-order chi connectivity index (χ1) is 8.33. The van der Waals surface area contributed by atoms with Gasteiger partial charge in [0.25, 0.3) is 0 Å². The second-order valence-corrected chi connectivity index (χ2v) is 6.56. The van der Waals surface area contributed by atoms with Crippen LogP contribution < -0.4 is 5.32 Å². The fourth-order valence-electron chi connectivity index (χ4n) is 2.32. The van der Waals surface area contributed by atoms with Crippen LogP contribution in [0, 0.1) is 0 Å². The minimum Gasteiger partial charge on any atom is -0.383 e. The second-order valence-electron chi connectivity index (χ2n) is 6.56. The number of rotatable bonds is 5. The van der Waals surface area contributed by atoms with Crippen LogP contribution in [0.15, 0.2) is 0 Å². The summed E-state index contributed by atoms with van der Waals surface area (Å²) in [6.45, 7) is 14.2. The number of ether oxygens (including phenoxy) is 1. The van der Waals surface area contributed by atoms with Gasteiger partial charge < -0.3 is 15.0 Å². The summed E-state index contributed by atoms with van der Waals surface area (Å²) < 4.78 is 5.39. The van der Waals surface area contributed by atoms with Crippen molar-refractivity contribution >= 4 is 0 Å². The minimum atomic E-state index is 0.171. The van der Waals surface area contributed by atoms with Crippen molar-refractivity contribution in [2.45, 2.75) is 45.3 Å². The Bertz CT molecular complexity index is 240. The first-order valence-electron chi connectivity index (χ1n) is 7.01. The van der Waals surface area contributed by atoms with Gasteiger partial charge in [0.05, 0.1) is 6.61 Å². The van der Waals surface area contributed by atoms with E-state index in [9.17, 15) is 0 Å². The average Bonchev–Trinajstić information content (AvgIpc) is 2.27. The van der Waals surface area contributed by atoms with E-state index in [-0.39, 0.29) is 5.54 Å². The van der Waals surface area contributed by atoms with Gasteiger partial charge in [-0.15, -0.1) is 0 Å². The first-order valence-corrected chi connectivity index (χ1v) is 7.01. The van der Waals surface area contributed by atoms with E-state index in [1.54, 1.807) is 7.11 Å². The summed E-state index contributed by atoms with van der Waals surface area (Å²) in [5.74, 6) is 0. The van der Waals surface area contributed by atoms with Crippen LogP contribution in [0.1, 0.15) is 27.7 Å². The molecule has 0 bridgehead atoms. The lowest BCUT2D eigenvalue weighted by molar-refractivity contribution is 0.0322. The lowest BCUT2D eigenvalue weighted by Gasteiger charge is -2.42. The van der Waals surface area contributed by atoms with E-state index in [4.69, 9.17) is 4.74 Å². The van der Waals surface area contributed by atoms with Crippen LogP contribution in [0.25, 0.3) is 0 Å². The van der Waals surface area contributed by atoms with Gasteiger partial charge in [0, 0.05) is 50.9 Å². The first kappa shape index (κ1) is 15.9. The van der Waals surface area contributed by atoms with Gasteiger partial charge in [-0.1, -0.05) is 0 Å². The van der Waals surface area contributed by atoms with Crippen LogP contribution in [0.3, 0.4) is 0 Å². The van der Waals surface area contributed by atoms with E-state index in [1.807, 2.05) is 0 Å². The molecule has 1 aliphatic heterocycles. The number of piperazine rings is 1. The molecule has 1 aliphatic rings. The van der Waals surface area contributed by atoms with E-state index < -0.39 is 0 Å². The van der Waals surface area contributed by atoms with Gasteiger partial charge in [-0.25, -0.2) is 0 Å². The highest BCUT2D eigenvalue weighted by Gasteiger charge is 2.27. The molecule has 2 unspecified atom stereocenters. The molecule has 0 amide bonds. The Balaban J connectivity index is 2.50. The van der Waals surface area contributed by atoms with Crippen molar-refractivity contribution in [2.24, 2.45) is 0 Å². The summed E-state index contributed by atoms with van der Waals surface area (Å²) in [4.78, 5) is 4.99. The quantitative estimate of drug-likeness (QED) is 0.796. The van der Waals surface area contributed by atoms with E-state index in [2.05, 4.69) is 49.9 Å². The highest BCUT2D eigenvalue weighted by Crippen LogP contribution is 2.11. The molecule has 1 saturated heterocycles. The van der Waals surface area contributed by atoms with Crippen LogP contribution in [-0.2, 0) is 4.74 Å². The standard InChI is InChI=1S/C14H31N3O/c1-12-10-17(8-7-16(12)5)13(11-18-6)9-15-14(2,3)4/h12-13,15H,7-11H2,1-6H3. The number of methoxy groups -OCH3 is 1. The Morgan fingerprint density at radius 1 is 1.33 bits per heavy atom. The van der Waals surface area contributed by atoms with Crippen molar-refractivity contribution in [3.8, 4) is 0 Å². The molecule has 1 N–H and O–H groups in total. The third-order valence-corrected chi connectivity index (χ3v) is 3.73. The highest BCUT2D eigenvalue weighted by molar-refractivity contribution is 4.84. The lowest BCUT2D eigenvalue weighted by atomic mass is 10.1. The zero-order chi connectivity index (χ0) is 13.8. The third kappa shape index (κ3) is 5.22. The van der Waals surface area contributed by atoms with Gasteiger partial charge in [0.15, 0.2) is 0 Å². The summed E-state index contributed by atoms with van der Waals surface area (Å²) >= 11 is 0. The monoisotopic (exact) mass is 257 g/mol. The van der Waals surface area contributed by atoms with Crippen molar-refractivity contribution in [1.82, 2.24) is 15.1 Å². The van der Waals surface area contributed by atoms with Gasteiger partial charge >= 0.3 is 0 Å². The molecular formula is C14H31N3O. The molecular weight excluding hydrogens is 226 g/mol. The molecule has 0 aromatic rings. The lowest BCUT2D eigenvalue weighted by Crippen LogP contribution is -2.57. The van der Waals surface area contributed by atoms with Crippen LogP contribution in [0.2, 0.25) is 0 Å². The van der Waals surface area contributed by atoms with Crippen molar-refractivity contribution < 1.29 is 4.74 Å². The molecule has 0 aliphatic carbocycles. The SMILES string of the molecule is COCC(CNC(C)(C)C)N1CCN(C)C(C)C1. The van der Waals surface area contributed by atoms with Gasteiger partial charge in [-0.3, -0.25) is 4.90 Å². The van der Waals surface area contributed by atoms with E-state index >= 15 is 0 Å². The number of likely N-dealkylation sites (N-methyl/N-ethyl adjacent to an activating group) is 1. The summed E-state index contributed by atoms with van der Waals surface area (Å²) in [6, 6.07) is 1.11. The predicted octanol–water partition coefficient (Wildman–Crippen LogP) is 1.03. The summed E-state index contributed by atoms with van der Waals surface area (Å²) in [6.07, 6.45) is 0. The average molecular weight is 257 g/mol. The van der Waals surface area contributed by atoms with E-state index in [0.717, 1.165) is 32.8 Å². The smallest absolute Gasteiger partial charge is 0.0630 e. The topological polar surface area (TPSA) is 27.7 Å². The fraction of sp³-hybridized carbons (Fsp3) is 1.00. The molecule has 4 heteroatoms. The Kier molecular flexibility index (Phi) is 6.05. The summed E-state index contributed by atoms with van der Waals surface area (Å²) in [5.41, 5.74) is 0.171. The van der Waals surface area contributed by atoms with Gasteiger partial charge in [-0.05, 0) is 34.7 Å². The minimum absolute atomic E-state index is 0.171. The Morgan fingerprint density at radius 2 is 2.00 bits per heavy atom. The molecule has 0 aromatic carbocycles. The summed E-state index contributed by atoms with van der Waals surface area (Å²) in [5, 5.41) is 3.59. The second kappa shape index (κ2) is 6.85. The zero-order valence-electron chi connectivity index (χ0n) is 13.0. The van der Waals surface area contributed by atoms with Crippen molar-refractivity contribution in [3.63, 3.8) is 0 Å². The Labute approximate surface area is 113 Å². The molecule has 18 heavy (non-hydrogen) atoms. The molecule has 108 valence electrons. The number of nitrogens with zero attached hydrogens (tertiary/aromatic N) is 2. The van der Waals surface area contributed by atoms with Gasteiger partial charge in [-0.2, -0.15) is 0 Å². The van der Waals surface area contributed by atoms with Gasteiger partial charge in [0.2, 0.25) is 0 Å². The largest absolute Gasteiger partial charge is 0.383 e. The van der Waals surface area contributed by atoms with E-state index in [0.29, 0.717) is 12.1 Å². The Morgan fingerprint density at radius 3 is 2.50 bits per heavy atom. The van der Waals surface area contributed by atoms with E-state index in [1.165, 1.54) is 0 Å². The molecule has 1 rings (SSSR count). The van der Waals surface area contributed by atoms with Crippen LogP contribution >= 0.6 is 0 Å². The molecule has 0 saturated carbocycles. The maximum absolute atomic E-state index is 5.39. The molecule has 0 radical (unpaired) electrons. The zero-order valence-corrected chi connectivity index (χ0v) is 13.0. The normalized spacial score (nSPS) is 25.3. The Hall–Kier alpha value is -0.160. The predicted molar refractivity (Wildman–Crippen MR) is 77.1 cm³/mol. The molecule has 2 atom stereocenters. The van der Waals surface area contributed by atoms with Crippen molar-refractivity contribution in [3.05, 3.63) is 0 Å². The van der Waals surface area contributed by atoms with Crippen LogP contribution in [-0.4, -0.2) is 74.4 Å². The third-order valence-electron chi connectivity index (χ3n) is 3.73. The fourth-order valence-corrected chi connectivity index (χ4v) is 2.32. The van der Waals surface area contributed by atoms with Crippen molar-refractivity contribution in [1.29, 1.82) is 0 Å². The van der Waals surface area contributed by atoms with Gasteiger partial charge in [0.1, 0.15) is 0 Å². The van der Waals surface area contributed by atoms with Crippen LogP contribution in [0.4, 0.5) is 0 Å².